The number of halogens is 1. The number of rotatable bonds is 3. The molecule has 3 heteroatoms. The third-order valence-electron chi connectivity index (χ3n) is 4.81. The molecule has 0 spiro atoms. The fraction of sp³-hybridized carbons (Fsp3) is 0.174. The normalized spacial score (nSPS) is 15.7. The van der Waals surface area contributed by atoms with Crippen molar-refractivity contribution in [1.82, 2.24) is 0 Å². The maximum atomic E-state index is 12.5. The minimum atomic E-state index is -0.322. The Hall–Kier alpha value is -2.58. The van der Waals surface area contributed by atoms with E-state index >= 15 is 0 Å². The Kier molecular flexibility index (Phi) is 4.77. The number of hydrogen-bond donors (Lipinski definition) is 0. The van der Waals surface area contributed by atoms with Crippen LogP contribution in [0.15, 0.2) is 72.0 Å². The molecule has 2 aliphatic rings. The first kappa shape index (κ1) is 16.9. The summed E-state index contributed by atoms with van der Waals surface area (Å²) >= 11 is 5.85. The molecule has 0 unspecified atom stereocenters. The number of ether oxygens (including phenoxy) is 1. The number of alkyl halides is 1. The van der Waals surface area contributed by atoms with Gasteiger partial charge in [-0.15, -0.1) is 11.6 Å². The number of carbonyl (C=O) groups is 1. The topological polar surface area (TPSA) is 26.3 Å². The lowest BCUT2D eigenvalue weighted by Gasteiger charge is -2.20. The number of fused-ring (bicyclic) bond motifs is 2. The summed E-state index contributed by atoms with van der Waals surface area (Å²) in [6.07, 6.45) is 8.85. The highest BCUT2D eigenvalue weighted by molar-refractivity contribution is 6.17. The van der Waals surface area contributed by atoms with Crippen molar-refractivity contribution < 1.29 is 9.53 Å². The van der Waals surface area contributed by atoms with E-state index in [1.807, 2.05) is 18.2 Å². The lowest BCUT2D eigenvalue weighted by atomic mass is 9.89. The first-order valence-corrected chi connectivity index (χ1v) is 9.33. The summed E-state index contributed by atoms with van der Waals surface area (Å²) in [4.78, 5) is 12.5. The molecule has 0 saturated carbocycles. The molecule has 0 fully saturated rings. The minimum absolute atomic E-state index is 0.322. The van der Waals surface area contributed by atoms with Gasteiger partial charge in [0.1, 0.15) is 5.76 Å². The number of hydrogen-bond acceptors (Lipinski definition) is 2. The summed E-state index contributed by atoms with van der Waals surface area (Å²) in [5, 5.41) is 0. The molecule has 0 aromatic heterocycles. The van der Waals surface area contributed by atoms with Crippen molar-refractivity contribution in [3.05, 3.63) is 94.3 Å². The van der Waals surface area contributed by atoms with Crippen LogP contribution in [0.3, 0.4) is 0 Å². The number of esters is 1. The molecule has 0 N–H and O–H groups in total. The summed E-state index contributed by atoms with van der Waals surface area (Å²) in [5.41, 5.74) is 6.57. The van der Waals surface area contributed by atoms with E-state index in [-0.39, 0.29) is 5.97 Å². The first-order valence-electron chi connectivity index (χ1n) is 8.80. The molecule has 0 atom stereocenters. The van der Waals surface area contributed by atoms with Crippen LogP contribution in [-0.4, -0.2) is 5.97 Å². The molecular weight excluding hydrogens is 344 g/mol. The van der Waals surface area contributed by atoms with Gasteiger partial charge in [0.15, 0.2) is 0 Å². The van der Waals surface area contributed by atoms with E-state index in [2.05, 4.69) is 36.4 Å². The van der Waals surface area contributed by atoms with Crippen molar-refractivity contribution in [2.45, 2.75) is 25.1 Å². The van der Waals surface area contributed by atoms with Crippen LogP contribution >= 0.6 is 11.6 Å². The molecule has 0 amide bonds. The highest BCUT2D eigenvalue weighted by Gasteiger charge is 2.20. The van der Waals surface area contributed by atoms with Crippen LogP contribution in [0.1, 0.15) is 46.3 Å². The van der Waals surface area contributed by atoms with Crippen molar-refractivity contribution in [2.75, 3.05) is 0 Å². The SMILES string of the molecule is O=C(OC1=CC2=C(CC1)c1ccccc1C=CC2)c1cccc(CCl)c1. The largest absolute Gasteiger partial charge is 0.427 e. The molecule has 0 heterocycles. The predicted molar refractivity (Wildman–Crippen MR) is 106 cm³/mol. The minimum Gasteiger partial charge on any atom is -0.427 e. The molecule has 26 heavy (non-hydrogen) atoms. The van der Waals surface area contributed by atoms with E-state index in [4.69, 9.17) is 16.3 Å². The van der Waals surface area contributed by atoms with E-state index in [0.717, 1.165) is 30.6 Å². The quantitative estimate of drug-likeness (QED) is 0.485. The van der Waals surface area contributed by atoms with E-state index in [1.54, 1.807) is 12.1 Å². The molecule has 2 nitrogen and oxygen atoms in total. The zero-order chi connectivity index (χ0) is 17.9. The van der Waals surface area contributed by atoms with Gasteiger partial charge in [-0.25, -0.2) is 4.79 Å². The van der Waals surface area contributed by atoms with Gasteiger partial charge in [-0.05, 0) is 58.9 Å². The molecule has 0 aliphatic heterocycles. The third kappa shape index (κ3) is 3.38. The number of allylic oxidation sites excluding steroid dienone is 5. The molecule has 0 bridgehead atoms. The van der Waals surface area contributed by atoms with Crippen LogP contribution in [-0.2, 0) is 10.6 Å². The Morgan fingerprint density at radius 1 is 1.08 bits per heavy atom. The van der Waals surface area contributed by atoms with Crippen LogP contribution in [0.5, 0.6) is 0 Å². The summed E-state index contributed by atoms with van der Waals surface area (Å²) in [7, 11) is 0. The lowest BCUT2D eigenvalue weighted by molar-refractivity contribution is 0.0613. The summed E-state index contributed by atoms with van der Waals surface area (Å²) < 4.78 is 5.68. The Labute approximate surface area is 158 Å². The maximum Gasteiger partial charge on any atom is 0.343 e. The van der Waals surface area contributed by atoms with Gasteiger partial charge in [-0.1, -0.05) is 48.6 Å². The molecule has 2 aromatic rings. The zero-order valence-corrected chi connectivity index (χ0v) is 15.1. The Balaban J connectivity index is 1.59. The van der Waals surface area contributed by atoms with Gasteiger partial charge in [0.05, 0.1) is 5.56 Å². The molecule has 0 saturated heterocycles. The second-order valence-corrected chi connectivity index (χ2v) is 6.80. The average molecular weight is 363 g/mol. The third-order valence-corrected chi connectivity index (χ3v) is 5.11. The molecule has 130 valence electrons. The highest BCUT2D eigenvalue weighted by atomic mass is 35.5. The predicted octanol–water partition coefficient (Wildman–Crippen LogP) is 6.13. The average Bonchev–Trinajstić information content (AvgIpc) is 2.87. The van der Waals surface area contributed by atoms with Gasteiger partial charge in [0, 0.05) is 12.3 Å². The van der Waals surface area contributed by atoms with Crippen molar-refractivity contribution >= 4 is 29.2 Å². The van der Waals surface area contributed by atoms with Crippen LogP contribution < -0.4 is 0 Å². The van der Waals surface area contributed by atoms with E-state index in [0.29, 0.717) is 11.4 Å². The van der Waals surface area contributed by atoms with Crippen molar-refractivity contribution in [1.29, 1.82) is 0 Å². The van der Waals surface area contributed by atoms with Crippen LogP contribution in [0, 0.1) is 0 Å². The Bertz CT molecular complexity index is 950. The smallest absolute Gasteiger partial charge is 0.343 e. The number of benzene rings is 2. The van der Waals surface area contributed by atoms with Crippen molar-refractivity contribution in [2.24, 2.45) is 0 Å². The lowest BCUT2D eigenvalue weighted by Crippen LogP contribution is -2.09. The van der Waals surface area contributed by atoms with Crippen molar-refractivity contribution in [3.63, 3.8) is 0 Å². The van der Waals surface area contributed by atoms with Gasteiger partial charge < -0.3 is 4.74 Å². The fourth-order valence-electron chi connectivity index (χ4n) is 3.52. The van der Waals surface area contributed by atoms with Crippen molar-refractivity contribution in [3.8, 4) is 0 Å². The standard InChI is InChI=1S/C23H19ClO2/c24-15-16-5-3-9-19(13-16)23(25)26-20-11-12-22-18(14-20)8-4-7-17-6-1-2-10-21(17)22/h1-7,9-10,13-14H,8,11-12,15H2. The van der Waals surface area contributed by atoms with Crippen LogP contribution in [0.2, 0.25) is 0 Å². The van der Waals surface area contributed by atoms with Gasteiger partial charge in [0.2, 0.25) is 0 Å². The van der Waals surface area contributed by atoms with Gasteiger partial charge in [-0.3, -0.25) is 0 Å². The summed E-state index contributed by atoms with van der Waals surface area (Å²) in [6.45, 7) is 0. The molecule has 0 radical (unpaired) electrons. The van der Waals surface area contributed by atoms with Crippen LogP contribution in [0.25, 0.3) is 11.6 Å². The summed E-state index contributed by atoms with van der Waals surface area (Å²) in [5.74, 6) is 0.792. The second kappa shape index (κ2) is 7.35. The molecule has 2 aromatic carbocycles. The monoisotopic (exact) mass is 362 g/mol. The van der Waals surface area contributed by atoms with Gasteiger partial charge in [0.25, 0.3) is 0 Å². The van der Waals surface area contributed by atoms with E-state index in [1.165, 1.54) is 22.3 Å². The summed E-state index contributed by atoms with van der Waals surface area (Å²) in [6, 6.07) is 15.7. The zero-order valence-electron chi connectivity index (χ0n) is 14.4. The van der Waals surface area contributed by atoms with Gasteiger partial charge >= 0.3 is 5.97 Å². The molecule has 2 aliphatic carbocycles. The van der Waals surface area contributed by atoms with E-state index in [9.17, 15) is 4.79 Å². The van der Waals surface area contributed by atoms with Crippen LogP contribution in [0.4, 0.5) is 0 Å². The first-order chi connectivity index (χ1) is 12.7. The fourth-order valence-corrected chi connectivity index (χ4v) is 3.69. The highest BCUT2D eigenvalue weighted by Crippen LogP contribution is 2.37. The Morgan fingerprint density at radius 2 is 1.96 bits per heavy atom. The molecular formula is C23H19ClO2. The van der Waals surface area contributed by atoms with E-state index < -0.39 is 0 Å². The second-order valence-electron chi connectivity index (χ2n) is 6.53. The Morgan fingerprint density at radius 3 is 2.85 bits per heavy atom. The molecule has 4 rings (SSSR count). The number of carbonyl (C=O) groups excluding carboxylic acids is 1. The van der Waals surface area contributed by atoms with Gasteiger partial charge in [-0.2, -0.15) is 0 Å². The maximum absolute atomic E-state index is 12.5.